The van der Waals surface area contributed by atoms with E-state index in [2.05, 4.69) is 17.2 Å². The molecular formula is C17H20N2OS. The Morgan fingerprint density at radius 2 is 1.95 bits per heavy atom. The molecule has 3 nitrogen and oxygen atoms in total. The van der Waals surface area contributed by atoms with Gasteiger partial charge in [-0.25, -0.2) is 4.98 Å². The van der Waals surface area contributed by atoms with Crippen molar-refractivity contribution < 1.29 is 4.79 Å². The summed E-state index contributed by atoms with van der Waals surface area (Å²) in [4.78, 5) is 17.1. The highest BCUT2D eigenvalue weighted by Crippen LogP contribution is 2.25. The van der Waals surface area contributed by atoms with Gasteiger partial charge in [-0.1, -0.05) is 25.1 Å². The maximum atomic E-state index is 12.6. The number of benzene rings is 1. The quantitative estimate of drug-likeness (QED) is 0.829. The van der Waals surface area contributed by atoms with E-state index < -0.39 is 0 Å². The normalized spacial score (nSPS) is 10.4. The summed E-state index contributed by atoms with van der Waals surface area (Å²) < 4.78 is 0. The Bertz CT molecular complexity index is 626. The standard InChI is InChI=1S/C17H20N2OS/c1-4-10-21-17-15(12(2)11-13(3)18-17)16(20)19-14-8-6-5-7-9-14/h5-9,11H,4,10H2,1-3H3,(H,19,20). The average molecular weight is 300 g/mol. The Morgan fingerprint density at radius 3 is 2.62 bits per heavy atom. The molecule has 0 unspecified atom stereocenters. The van der Waals surface area contributed by atoms with Gasteiger partial charge in [-0.15, -0.1) is 11.8 Å². The predicted octanol–water partition coefficient (Wildman–Crippen LogP) is 4.45. The van der Waals surface area contributed by atoms with Gasteiger partial charge in [0, 0.05) is 11.4 Å². The first-order valence-corrected chi connectivity index (χ1v) is 8.07. The van der Waals surface area contributed by atoms with Gasteiger partial charge in [-0.05, 0) is 49.8 Å². The highest BCUT2D eigenvalue weighted by atomic mass is 32.2. The van der Waals surface area contributed by atoms with E-state index in [0.717, 1.165) is 34.1 Å². The van der Waals surface area contributed by atoms with E-state index in [0.29, 0.717) is 5.56 Å². The lowest BCUT2D eigenvalue weighted by Crippen LogP contribution is -2.16. The monoisotopic (exact) mass is 300 g/mol. The highest BCUT2D eigenvalue weighted by Gasteiger charge is 2.17. The van der Waals surface area contributed by atoms with E-state index in [-0.39, 0.29) is 5.91 Å². The molecule has 0 bridgehead atoms. The van der Waals surface area contributed by atoms with Crippen molar-refractivity contribution in [1.29, 1.82) is 0 Å². The molecule has 0 atom stereocenters. The minimum atomic E-state index is -0.0928. The molecule has 1 heterocycles. The van der Waals surface area contributed by atoms with Crippen molar-refractivity contribution in [2.75, 3.05) is 11.1 Å². The Labute approximate surface area is 130 Å². The van der Waals surface area contributed by atoms with Crippen LogP contribution in [0.2, 0.25) is 0 Å². The predicted molar refractivity (Wildman–Crippen MR) is 89.1 cm³/mol. The largest absolute Gasteiger partial charge is 0.322 e. The molecule has 0 saturated heterocycles. The van der Waals surface area contributed by atoms with Crippen molar-refractivity contribution in [3.63, 3.8) is 0 Å². The van der Waals surface area contributed by atoms with Gasteiger partial charge in [-0.3, -0.25) is 4.79 Å². The van der Waals surface area contributed by atoms with E-state index in [4.69, 9.17) is 0 Å². The molecule has 0 saturated carbocycles. The number of thioether (sulfide) groups is 1. The minimum Gasteiger partial charge on any atom is -0.322 e. The summed E-state index contributed by atoms with van der Waals surface area (Å²) in [6.45, 7) is 6.05. The summed E-state index contributed by atoms with van der Waals surface area (Å²) in [5.74, 6) is 0.867. The van der Waals surface area contributed by atoms with Crippen LogP contribution in [-0.2, 0) is 0 Å². The third kappa shape index (κ3) is 4.08. The topological polar surface area (TPSA) is 42.0 Å². The first-order chi connectivity index (χ1) is 10.1. The lowest BCUT2D eigenvalue weighted by Gasteiger charge is -2.12. The van der Waals surface area contributed by atoms with Crippen LogP contribution in [0.3, 0.4) is 0 Å². The second-order valence-electron chi connectivity index (χ2n) is 4.93. The SMILES string of the molecule is CCCSc1nc(C)cc(C)c1C(=O)Nc1ccccc1. The maximum Gasteiger partial charge on any atom is 0.258 e. The zero-order valence-corrected chi connectivity index (χ0v) is 13.5. The molecule has 110 valence electrons. The number of rotatable bonds is 5. The number of aryl methyl sites for hydroxylation is 2. The van der Waals surface area contributed by atoms with Gasteiger partial charge in [0.05, 0.1) is 5.56 Å². The summed E-state index contributed by atoms with van der Waals surface area (Å²) in [5.41, 5.74) is 3.40. The summed E-state index contributed by atoms with van der Waals surface area (Å²) in [7, 11) is 0. The Kier molecular flexibility index (Phi) is 5.39. The van der Waals surface area contributed by atoms with E-state index >= 15 is 0 Å². The molecule has 0 radical (unpaired) electrons. The third-order valence-electron chi connectivity index (χ3n) is 3.01. The van der Waals surface area contributed by atoms with Gasteiger partial charge in [0.25, 0.3) is 5.91 Å². The van der Waals surface area contributed by atoms with Crippen molar-refractivity contribution in [3.8, 4) is 0 Å². The van der Waals surface area contributed by atoms with Gasteiger partial charge in [-0.2, -0.15) is 0 Å². The van der Waals surface area contributed by atoms with Gasteiger partial charge in [0.1, 0.15) is 5.03 Å². The molecule has 1 aromatic carbocycles. The van der Waals surface area contributed by atoms with Gasteiger partial charge in [0.2, 0.25) is 0 Å². The summed E-state index contributed by atoms with van der Waals surface area (Å²) in [6, 6.07) is 11.5. The van der Waals surface area contributed by atoms with Crippen LogP contribution in [0.5, 0.6) is 0 Å². The molecular weight excluding hydrogens is 280 g/mol. The highest BCUT2D eigenvalue weighted by molar-refractivity contribution is 7.99. The number of nitrogens with zero attached hydrogens (tertiary/aromatic N) is 1. The zero-order chi connectivity index (χ0) is 15.2. The summed E-state index contributed by atoms with van der Waals surface area (Å²) in [5, 5.41) is 3.77. The van der Waals surface area contributed by atoms with Crippen molar-refractivity contribution in [3.05, 3.63) is 53.2 Å². The number of carbonyl (C=O) groups excluding carboxylic acids is 1. The molecule has 0 aliphatic rings. The van der Waals surface area contributed by atoms with Crippen molar-refractivity contribution in [2.45, 2.75) is 32.2 Å². The van der Waals surface area contributed by atoms with Crippen LogP contribution in [0.4, 0.5) is 5.69 Å². The van der Waals surface area contributed by atoms with E-state index in [1.807, 2.05) is 50.2 Å². The number of hydrogen-bond donors (Lipinski definition) is 1. The fourth-order valence-electron chi connectivity index (χ4n) is 2.10. The zero-order valence-electron chi connectivity index (χ0n) is 12.6. The van der Waals surface area contributed by atoms with Crippen LogP contribution in [0, 0.1) is 13.8 Å². The van der Waals surface area contributed by atoms with Crippen molar-refractivity contribution >= 4 is 23.4 Å². The van der Waals surface area contributed by atoms with Crippen molar-refractivity contribution in [1.82, 2.24) is 4.98 Å². The Balaban J connectivity index is 2.30. The van der Waals surface area contributed by atoms with Crippen LogP contribution >= 0.6 is 11.8 Å². The Morgan fingerprint density at radius 1 is 1.24 bits per heavy atom. The van der Waals surface area contributed by atoms with E-state index in [1.165, 1.54) is 0 Å². The number of pyridine rings is 1. The fraction of sp³-hybridized carbons (Fsp3) is 0.294. The average Bonchev–Trinajstić information content (AvgIpc) is 2.45. The summed E-state index contributed by atoms with van der Waals surface area (Å²) >= 11 is 1.64. The third-order valence-corrected chi connectivity index (χ3v) is 4.19. The lowest BCUT2D eigenvalue weighted by atomic mass is 10.1. The molecule has 2 rings (SSSR count). The number of anilines is 1. The van der Waals surface area contributed by atoms with Crippen LogP contribution in [0.15, 0.2) is 41.4 Å². The van der Waals surface area contributed by atoms with Crippen LogP contribution < -0.4 is 5.32 Å². The van der Waals surface area contributed by atoms with Gasteiger partial charge >= 0.3 is 0 Å². The molecule has 21 heavy (non-hydrogen) atoms. The van der Waals surface area contributed by atoms with Crippen LogP contribution in [0.25, 0.3) is 0 Å². The molecule has 4 heteroatoms. The first-order valence-electron chi connectivity index (χ1n) is 7.09. The van der Waals surface area contributed by atoms with Crippen LogP contribution in [0.1, 0.15) is 35.0 Å². The van der Waals surface area contributed by atoms with Crippen molar-refractivity contribution in [2.24, 2.45) is 0 Å². The Hall–Kier alpha value is -1.81. The first kappa shape index (κ1) is 15.6. The smallest absolute Gasteiger partial charge is 0.258 e. The molecule has 0 spiro atoms. The lowest BCUT2D eigenvalue weighted by molar-refractivity contribution is 0.102. The molecule has 1 aromatic heterocycles. The number of aromatic nitrogens is 1. The van der Waals surface area contributed by atoms with E-state index in [9.17, 15) is 4.79 Å². The second kappa shape index (κ2) is 7.27. The maximum absolute atomic E-state index is 12.6. The second-order valence-corrected chi connectivity index (χ2v) is 6.01. The molecule has 2 aromatic rings. The summed E-state index contributed by atoms with van der Waals surface area (Å²) in [6.07, 6.45) is 1.05. The number of carbonyl (C=O) groups is 1. The minimum absolute atomic E-state index is 0.0928. The molecule has 0 aliphatic heterocycles. The molecule has 0 aliphatic carbocycles. The van der Waals surface area contributed by atoms with Gasteiger partial charge < -0.3 is 5.32 Å². The number of para-hydroxylation sites is 1. The molecule has 1 amide bonds. The molecule has 0 fully saturated rings. The van der Waals surface area contributed by atoms with E-state index in [1.54, 1.807) is 11.8 Å². The molecule has 1 N–H and O–H groups in total. The number of amides is 1. The fourth-order valence-corrected chi connectivity index (χ4v) is 3.10. The number of nitrogens with one attached hydrogen (secondary N) is 1. The van der Waals surface area contributed by atoms with Gasteiger partial charge in [0.15, 0.2) is 0 Å². The number of hydrogen-bond acceptors (Lipinski definition) is 3. The van der Waals surface area contributed by atoms with Crippen LogP contribution in [-0.4, -0.2) is 16.6 Å².